The average molecular weight is 417 g/mol. The van der Waals surface area contributed by atoms with Gasteiger partial charge in [-0.3, -0.25) is 14.5 Å². The lowest BCUT2D eigenvalue weighted by atomic mass is 9.88. The van der Waals surface area contributed by atoms with E-state index in [9.17, 15) is 14.4 Å². The Bertz CT molecular complexity index is 1170. The van der Waals surface area contributed by atoms with E-state index >= 15 is 0 Å². The van der Waals surface area contributed by atoms with Gasteiger partial charge in [0.1, 0.15) is 17.8 Å². The van der Waals surface area contributed by atoms with Crippen LogP contribution in [0.3, 0.4) is 0 Å². The van der Waals surface area contributed by atoms with Crippen molar-refractivity contribution in [1.29, 1.82) is 0 Å². The number of rotatable bonds is 6. The Morgan fingerprint density at radius 1 is 1.06 bits per heavy atom. The summed E-state index contributed by atoms with van der Waals surface area (Å²) in [5.41, 5.74) is 0.305. The lowest BCUT2D eigenvalue weighted by Crippen LogP contribution is -2.43. The Balaban J connectivity index is 1.49. The van der Waals surface area contributed by atoms with Gasteiger partial charge >= 0.3 is 6.03 Å². The summed E-state index contributed by atoms with van der Waals surface area (Å²) in [6.45, 7) is 1.58. The molecule has 0 spiro atoms. The van der Waals surface area contributed by atoms with E-state index in [2.05, 4.69) is 10.6 Å². The highest BCUT2D eigenvalue weighted by molar-refractivity contribution is 6.10. The van der Waals surface area contributed by atoms with E-state index in [-0.39, 0.29) is 13.1 Å². The van der Waals surface area contributed by atoms with E-state index in [1.165, 1.54) is 0 Å². The quantitative estimate of drug-likeness (QED) is 0.604. The summed E-state index contributed by atoms with van der Waals surface area (Å²) >= 11 is 0. The van der Waals surface area contributed by atoms with Gasteiger partial charge in [-0.25, -0.2) is 4.79 Å². The van der Waals surface area contributed by atoms with Crippen LogP contribution in [0.2, 0.25) is 0 Å². The van der Waals surface area contributed by atoms with Crippen molar-refractivity contribution >= 4 is 28.6 Å². The Kier molecular flexibility index (Phi) is 5.33. The molecule has 0 aliphatic carbocycles. The highest BCUT2D eigenvalue weighted by atomic mass is 16.5. The number of ether oxygens (including phenoxy) is 1. The largest absolute Gasteiger partial charge is 0.497 e. The molecule has 31 heavy (non-hydrogen) atoms. The number of amides is 4. The second kappa shape index (κ2) is 8.10. The Morgan fingerprint density at radius 3 is 2.61 bits per heavy atom. The van der Waals surface area contributed by atoms with E-state index < -0.39 is 23.4 Å². The van der Waals surface area contributed by atoms with Crippen LogP contribution in [0.4, 0.5) is 4.79 Å². The Morgan fingerprint density at radius 2 is 1.81 bits per heavy atom. The highest BCUT2D eigenvalue weighted by Crippen LogP contribution is 2.33. The summed E-state index contributed by atoms with van der Waals surface area (Å²) < 4.78 is 5.17. The number of hydrogen-bond acceptors (Lipinski definition) is 4. The van der Waals surface area contributed by atoms with Crippen molar-refractivity contribution in [2.24, 2.45) is 0 Å². The lowest BCUT2D eigenvalue weighted by Gasteiger charge is -2.24. The van der Waals surface area contributed by atoms with Gasteiger partial charge in [0, 0.05) is 6.54 Å². The standard InChI is InChI=1S/C24H23N3O4/c1-24(20-12-6-9-17-8-3-4-11-19(17)20)22(29)27(23(30)26-24)15-21(28)25-14-16-7-5-10-18(13-16)31-2/h3-13H,14-15H2,1-2H3,(H,25,28)(H,26,30)/t24-/m0/s1. The molecule has 0 aromatic heterocycles. The van der Waals surface area contributed by atoms with Crippen LogP contribution in [0.25, 0.3) is 10.8 Å². The first-order valence-corrected chi connectivity index (χ1v) is 9.94. The first kappa shape index (κ1) is 20.4. The van der Waals surface area contributed by atoms with E-state index in [1.807, 2.05) is 66.7 Å². The minimum atomic E-state index is -1.25. The fourth-order valence-corrected chi connectivity index (χ4v) is 3.87. The van der Waals surface area contributed by atoms with Crippen LogP contribution >= 0.6 is 0 Å². The zero-order valence-electron chi connectivity index (χ0n) is 17.3. The van der Waals surface area contributed by atoms with Gasteiger partial charge in [0.2, 0.25) is 5.91 Å². The molecule has 0 saturated carbocycles. The zero-order chi connectivity index (χ0) is 22.0. The molecule has 2 N–H and O–H groups in total. The lowest BCUT2D eigenvalue weighted by molar-refractivity contribution is -0.134. The first-order valence-electron chi connectivity index (χ1n) is 9.94. The number of methoxy groups -OCH3 is 1. The molecule has 0 bridgehead atoms. The van der Waals surface area contributed by atoms with Crippen molar-refractivity contribution in [2.75, 3.05) is 13.7 Å². The first-order chi connectivity index (χ1) is 14.9. The van der Waals surface area contributed by atoms with Gasteiger partial charge in [-0.05, 0) is 41.0 Å². The van der Waals surface area contributed by atoms with Gasteiger partial charge in [-0.1, -0.05) is 54.6 Å². The average Bonchev–Trinajstić information content (AvgIpc) is 3.01. The summed E-state index contributed by atoms with van der Waals surface area (Å²) in [5.74, 6) is -0.189. The van der Waals surface area contributed by atoms with Crippen LogP contribution in [0.1, 0.15) is 18.1 Å². The number of benzene rings is 3. The van der Waals surface area contributed by atoms with Crippen LogP contribution in [0, 0.1) is 0 Å². The molecule has 1 saturated heterocycles. The number of carbonyl (C=O) groups excluding carboxylic acids is 3. The van der Waals surface area contributed by atoms with Crippen LogP contribution in [0.15, 0.2) is 66.7 Å². The van der Waals surface area contributed by atoms with Crippen molar-refractivity contribution < 1.29 is 19.1 Å². The predicted molar refractivity (Wildman–Crippen MR) is 116 cm³/mol. The van der Waals surface area contributed by atoms with Gasteiger partial charge in [0.15, 0.2) is 0 Å². The van der Waals surface area contributed by atoms with Gasteiger partial charge in [-0.15, -0.1) is 0 Å². The summed E-state index contributed by atoms with van der Waals surface area (Å²) in [7, 11) is 1.57. The maximum Gasteiger partial charge on any atom is 0.325 e. The van der Waals surface area contributed by atoms with E-state index in [4.69, 9.17) is 4.74 Å². The summed E-state index contributed by atoms with van der Waals surface area (Å²) in [6, 6.07) is 20.0. The second-order valence-electron chi connectivity index (χ2n) is 7.60. The number of fused-ring (bicyclic) bond motifs is 1. The summed E-state index contributed by atoms with van der Waals surface area (Å²) in [6.07, 6.45) is 0. The monoisotopic (exact) mass is 417 g/mol. The van der Waals surface area contributed by atoms with E-state index in [1.54, 1.807) is 14.0 Å². The molecule has 1 heterocycles. The number of imide groups is 1. The van der Waals surface area contributed by atoms with Gasteiger partial charge in [0.25, 0.3) is 5.91 Å². The third-order valence-corrected chi connectivity index (χ3v) is 5.53. The van der Waals surface area contributed by atoms with Crippen LogP contribution in [-0.2, 0) is 21.7 Å². The molecular formula is C24H23N3O4. The van der Waals surface area contributed by atoms with Gasteiger partial charge < -0.3 is 15.4 Å². The SMILES string of the molecule is COc1cccc(CNC(=O)CN2C(=O)N[C@@](C)(c3cccc4ccccc34)C2=O)c1. The third-order valence-electron chi connectivity index (χ3n) is 5.53. The highest BCUT2D eigenvalue weighted by Gasteiger charge is 2.50. The van der Waals surface area contributed by atoms with Crippen molar-refractivity contribution in [3.63, 3.8) is 0 Å². The number of nitrogens with zero attached hydrogens (tertiary/aromatic N) is 1. The fourth-order valence-electron chi connectivity index (χ4n) is 3.87. The molecule has 4 amide bonds. The molecule has 158 valence electrons. The van der Waals surface area contributed by atoms with Gasteiger partial charge in [-0.2, -0.15) is 0 Å². The number of hydrogen-bond donors (Lipinski definition) is 2. The van der Waals surface area contributed by atoms with Gasteiger partial charge in [0.05, 0.1) is 7.11 Å². The molecule has 0 radical (unpaired) electrons. The molecule has 1 atom stereocenters. The topological polar surface area (TPSA) is 87.7 Å². The minimum absolute atomic E-state index is 0.264. The number of urea groups is 1. The molecule has 7 nitrogen and oxygen atoms in total. The molecule has 3 aromatic rings. The number of carbonyl (C=O) groups is 3. The minimum Gasteiger partial charge on any atom is -0.497 e. The Hall–Kier alpha value is -3.87. The van der Waals surface area contributed by atoms with Crippen LogP contribution in [-0.4, -0.2) is 36.4 Å². The summed E-state index contributed by atoms with van der Waals surface area (Å²) in [4.78, 5) is 39.2. The zero-order valence-corrected chi connectivity index (χ0v) is 17.3. The molecular weight excluding hydrogens is 394 g/mol. The fraction of sp³-hybridized carbons (Fsp3) is 0.208. The maximum absolute atomic E-state index is 13.2. The van der Waals surface area contributed by atoms with Crippen molar-refractivity contribution in [3.8, 4) is 5.75 Å². The normalized spacial score (nSPS) is 18.2. The Labute approximate surface area is 180 Å². The van der Waals surface area contributed by atoms with Crippen molar-refractivity contribution in [2.45, 2.75) is 19.0 Å². The third kappa shape index (κ3) is 3.82. The summed E-state index contributed by atoms with van der Waals surface area (Å²) in [5, 5.41) is 7.37. The molecule has 1 aliphatic heterocycles. The molecule has 4 rings (SSSR count). The van der Waals surface area contributed by atoms with Crippen LogP contribution in [0.5, 0.6) is 5.75 Å². The van der Waals surface area contributed by atoms with E-state index in [0.717, 1.165) is 21.2 Å². The molecule has 1 aliphatic rings. The smallest absolute Gasteiger partial charge is 0.325 e. The van der Waals surface area contributed by atoms with Crippen molar-refractivity contribution in [3.05, 3.63) is 77.9 Å². The molecule has 1 fully saturated rings. The number of nitrogens with one attached hydrogen (secondary N) is 2. The van der Waals surface area contributed by atoms with Crippen molar-refractivity contribution in [1.82, 2.24) is 15.5 Å². The molecule has 3 aromatic carbocycles. The maximum atomic E-state index is 13.2. The second-order valence-corrected chi connectivity index (χ2v) is 7.60. The van der Waals surface area contributed by atoms with E-state index in [0.29, 0.717) is 11.3 Å². The predicted octanol–water partition coefficient (Wildman–Crippen LogP) is 2.93. The van der Waals surface area contributed by atoms with Crippen LogP contribution < -0.4 is 15.4 Å². The molecule has 7 heteroatoms. The molecule has 0 unspecified atom stereocenters.